The molecule has 118 valence electrons. The van der Waals surface area contributed by atoms with Gasteiger partial charge in [0.05, 0.1) is 18.8 Å². The number of hydrogen-bond acceptors (Lipinski definition) is 3. The van der Waals surface area contributed by atoms with Gasteiger partial charge in [-0.05, 0) is 43.7 Å². The molecular formula is C17H23N3O2. The monoisotopic (exact) mass is 301 g/mol. The Bertz CT molecular complexity index is 630. The summed E-state index contributed by atoms with van der Waals surface area (Å²) in [5.74, 6) is 0.953. The smallest absolute Gasteiger partial charge is 0.267 e. The van der Waals surface area contributed by atoms with Crippen LogP contribution in [0, 0.1) is 0 Å². The van der Waals surface area contributed by atoms with Crippen molar-refractivity contribution in [1.82, 2.24) is 14.8 Å². The number of piperidine rings is 1. The van der Waals surface area contributed by atoms with Gasteiger partial charge in [-0.25, -0.2) is 0 Å². The molecule has 3 heterocycles. The number of rotatable bonds is 4. The van der Waals surface area contributed by atoms with Gasteiger partial charge in [-0.1, -0.05) is 6.42 Å². The maximum Gasteiger partial charge on any atom is 0.267 e. The van der Waals surface area contributed by atoms with E-state index < -0.39 is 0 Å². The third kappa shape index (κ3) is 2.81. The van der Waals surface area contributed by atoms with Crippen molar-refractivity contribution in [3.8, 4) is 0 Å². The number of nitrogens with one attached hydrogen (secondary N) is 1. The highest BCUT2D eigenvalue weighted by Gasteiger charge is 2.27. The van der Waals surface area contributed by atoms with Crippen LogP contribution in [0.5, 0.6) is 0 Å². The number of nitrogens with zero attached hydrogens (tertiary/aromatic N) is 2. The van der Waals surface area contributed by atoms with Crippen molar-refractivity contribution in [1.29, 1.82) is 0 Å². The molecule has 0 aromatic carbocycles. The molecule has 0 aliphatic carbocycles. The van der Waals surface area contributed by atoms with E-state index >= 15 is 0 Å². The maximum absolute atomic E-state index is 11.9. The highest BCUT2D eigenvalue weighted by molar-refractivity contribution is 5.92. The Kier molecular flexibility index (Phi) is 4.34. The van der Waals surface area contributed by atoms with Crippen LogP contribution < -0.4 is 5.32 Å². The summed E-state index contributed by atoms with van der Waals surface area (Å²) in [4.78, 5) is 14.4. The van der Waals surface area contributed by atoms with Crippen molar-refractivity contribution in [2.75, 3.05) is 13.6 Å². The number of carbonyl (C=O) groups is 1. The van der Waals surface area contributed by atoms with E-state index in [0.717, 1.165) is 25.3 Å². The van der Waals surface area contributed by atoms with Crippen LogP contribution in [-0.4, -0.2) is 29.0 Å². The molecule has 2 aromatic heterocycles. The summed E-state index contributed by atoms with van der Waals surface area (Å²) in [6.45, 7) is 1.88. The molecule has 5 nitrogen and oxygen atoms in total. The molecule has 2 aromatic rings. The zero-order valence-electron chi connectivity index (χ0n) is 13.2. The number of amides is 1. The molecule has 1 fully saturated rings. The molecule has 1 amide bonds. The second-order valence-electron chi connectivity index (χ2n) is 5.84. The van der Waals surface area contributed by atoms with Crippen molar-refractivity contribution in [2.24, 2.45) is 7.05 Å². The first-order chi connectivity index (χ1) is 10.7. The molecule has 22 heavy (non-hydrogen) atoms. The largest absolute Gasteiger partial charge is 0.468 e. The molecule has 0 saturated carbocycles. The van der Waals surface area contributed by atoms with Crippen LogP contribution in [0.15, 0.2) is 34.9 Å². The topological polar surface area (TPSA) is 50.4 Å². The lowest BCUT2D eigenvalue weighted by molar-refractivity contribution is 0.0951. The van der Waals surface area contributed by atoms with E-state index in [1.807, 2.05) is 29.8 Å². The lowest BCUT2D eigenvalue weighted by atomic mass is 9.99. The van der Waals surface area contributed by atoms with E-state index in [1.165, 1.54) is 18.5 Å². The molecule has 1 N–H and O–H groups in total. The molecule has 0 spiro atoms. The first kappa shape index (κ1) is 14.9. The number of likely N-dealkylation sites (tertiary alicyclic amines) is 1. The fourth-order valence-corrected chi connectivity index (χ4v) is 3.34. The van der Waals surface area contributed by atoms with E-state index in [9.17, 15) is 4.79 Å². The molecular weight excluding hydrogens is 278 g/mol. The van der Waals surface area contributed by atoms with E-state index in [4.69, 9.17) is 4.42 Å². The zero-order valence-corrected chi connectivity index (χ0v) is 13.2. The summed E-state index contributed by atoms with van der Waals surface area (Å²) in [6, 6.07) is 8.28. The first-order valence-electron chi connectivity index (χ1n) is 7.85. The Morgan fingerprint density at radius 3 is 2.95 bits per heavy atom. The summed E-state index contributed by atoms with van der Waals surface area (Å²) in [5, 5.41) is 2.70. The minimum Gasteiger partial charge on any atom is -0.468 e. The Morgan fingerprint density at radius 2 is 2.23 bits per heavy atom. The van der Waals surface area contributed by atoms with Crippen molar-refractivity contribution < 1.29 is 9.21 Å². The molecule has 1 aliphatic rings. The summed E-state index contributed by atoms with van der Waals surface area (Å²) >= 11 is 0. The lowest BCUT2D eigenvalue weighted by Gasteiger charge is -2.35. The van der Waals surface area contributed by atoms with Crippen molar-refractivity contribution in [3.63, 3.8) is 0 Å². The van der Waals surface area contributed by atoms with Gasteiger partial charge in [0.25, 0.3) is 5.91 Å². The maximum atomic E-state index is 11.9. The fraction of sp³-hybridized carbons (Fsp3) is 0.471. The molecule has 5 heteroatoms. The molecule has 0 bridgehead atoms. The van der Waals surface area contributed by atoms with Crippen molar-refractivity contribution in [3.05, 3.63) is 47.7 Å². The van der Waals surface area contributed by atoms with Crippen LogP contribution in [0.2, 0.25) is 0 Å². The Labute approximate surface area is 130 Å². The highest BCUT2D eigenvalue weighted by Crippen LogP contribution is 2.32. The lowest BCUT2D eigenvalue weighted by Crippen LogP contribution is -2.34. The third-order valence-corrected chi connectivity index (χ3v) is 4.51. The van der Waals surface area contributed by atoms with E-state index in [0.29, 0.717) is 11.7 Å². The van der Waals surface area contributed by atoms with Gasteiger partial charge in [0, 0.05) is 19.8 Å². The second-order valence-corrected chi connectivity index (χ2v) is 5.84. The predicted molar refractivity (Wildman–Crippen MR) is 84.5 cm³/mol. The number of furan rings is 1. The van der Waals surface area contributed by atoms with E-state index in [1.54, 1.807) is 13.3 Å². The van der Waals surface area contributed by atoms with Crippen LogP contribution >= 0.6 is 0 Å². The Morgan fingerprint density at radius 1 is 1.36 bits per heavy atom. The van der Waals surface area contributed by atoms with Crippen LogP contribution in [0.4, 0.5) is 0 Å². The van der Waals surface area contributed by atoms with Crippen LogP contribution in [0.1, 0.15) is 47.2 Å². The first-order valence-corrected chi connectivity index (χ1v) is 7.85. The van der Waals surface area contributed by atoms with Gasteiger partial charge in [-0.3, -0.25) is 9.69 Å². The summed E-state index contributed by atoms with van der Waals surface area (Å²) in [6.07, 6.45) is 5.27. The molecule has 1 aliphatic heterocycles. The standard InChI is InChI=1S/C17H23N3O2/c1-18-17(21)16-9-8-14(19(16)2)15-7-3-4-10-20(15)12-13-6-5-11-22-13/h5-6,8-9,11,15H,3-4,7,10,12H2,1-2H3,(H,18,21)/t15-/m0/s1. The quantitative estimate of drug-likeness (QED) is 0.944. The Hall–Kier alpha value is -2.01. The molecule has 0 radical (unpaired) electrons. The van der Waals surface area contributed by atoms with Gasteiger partial charge in [0.1, 0.15) is 11.5 Å². The van der Waals surface area contributed by atoms with Crippen molar-refractivity contribution >= 4 is 5.91 Å². The van der Waals surface area contributed by atoms with E-state index in [-0.39, 0.29) is 5.91 Å². The summed E-state index contributed by atoms with van der Waals surface area (Å²) in [5.41, 5.74) is 1.91. The van der Waals surface area contributed by atoms with Gasteiger partial charge in [0.15, 0.2) is 0 Å². The SMILES string of the molecule is CNC(=O)c1ccc([C@@H]2CCCCN2Cc2ccco2)n1C. The van der Waals surface area contributed by atoms with Crippen LogP contribution in [0.25, 0.3) is 0 Å². The average Bonchev–Trinajstić information content (AvgIpc) is 3.17. The third-order valence-electron chi connectivity index (χ3n) is 4.51. The molecule has 0 unspecified atom stereocenters. The normalized spacial score (nSPS) is 19.3. The Balaban J connectivity index is 1.84. The predicted octanol–water partition coefficient (Wildman–Crippen LogP) is 2.70. The zero-order chi connectivity index (χ0) is 15.5. The molecule has 1 saturated heterocycles. The van der Waals surface area contributed by atoms with Gasteiger partial charge >= 0.3 is 0 Å². The highest BCUT2D eigenvalue weighted by atomic mass is 16.3. The van der Waals surface area contributed by atoms with E-state index in [2.05, 4.69) is 16.3 Å². The number of hydrogen-bond donors (Lipinski definition) is 1. The average molecular weight is 301 g/mol. The van der Waals surface area contributed by atoms with Gasteiger partial charge in [-0.15, -0.1) is 0 Å². The van der Waals surface area contributed by atoms with Crippen molar-refractivity contribution in [2.45, 2.75) is 31.8 Å². The number of carbonyl (C=O) groups excluding carboxylic acids is 1. The molecule has 1 atom stereocenters. The minimum absolute atomic E-state index is 0.0397. The fourth-order valence-electron chi connectivity index (χ4n) is 3.34. The van der Waals surface area contributed by atoms with Gasteiger partial charge < -0.3 is 14.3 Å². The molecule has 3 rings (SSSR count). The van der Waals surface area contributed by atoms with Gasteiger partial charge in [-0.2, -0.15) is 0 Å². The summed E-state index contributed by atoms with van der Waals surface area (Å²) in [7, 11) is 3.64. The van der Waals surface area contributed by atoms with Crippen LogP contribution in [-0.2, 0) is 13.6 Å². The summed E-state index contributed by atoms with van der Waals surface area (Å²) < 4.78 is 7.52. The van der Waals surface area contributed by atoms with Gasteiger partial charge in [0.2, 0.25) is 0 Å². The van der Waals surface area contributed by atoms with Crippen LogP contribution in [0.3, 0.4) is 0 Å². The minimum atomic E-state index is -0.0397. The second kappa shape index (κ2) is 6.40. The number of aromatic nitrogens is 1.